The number of aryl methyl sites for hydroxylation is 1. The number of benzene rings is 2. The van der Waals surface area contributed by atoms with E-state index in [1.807, 2.05) is 32.9 Å². The molecule has 2 aromatic carbocycles. The molecule has 30 heavy (non-hydrogen) atoms. The maximum Gasteiger partial charge on any atom is 0.243 e. The van der Waals surface area contributed by atoms with Crippen LogP contribution in [0.4, 0.5) is 4.39 Å². The molecule has 2 rings (SSSR count). The van der Waals surface area contributed by atoms with Gasteiger partial charge >= 0.3 is 0 Å². The zero-order chi connectivity index (χ0) is 22.1. The van der Waals surface area contributed by atoms with Gasteiger partial charge in [-0.1, -0.05) is 43.3 Å². The van der Waals surface area contributed by atoms with Crippen molar-refractivity contribution in [3.05, 3.63) is 71.0 Å². The fourth-order valence-electron chi connectivity index (χ4n) is 3.19. The largest absolute Gasteiger partial charge is 0.352 e. The van der Waals surface area contributed by atoms with Gasteiger partial charge < -0.3 is 10.2 Å². The maximum absolute atomic E-state index is 13.3. The average Bonchev–Trinajstić information content (AvgIpc) is 2.70. The molecule has 0 bridgehead atoms. The van der Waals surface area contributed by atoms with Crippen LogP contribution in [0.3, 0.4) is 0 Å². The number of halogens is 1. The van der Waals surface area contributed by atoms with Crippen LogP contribution in [0, 0.1) is 12.7 Å². The molecule has 0 saturated carbocycles. The van der Waals surface area contributed by atoms with Gasteiger partial charge in [0.05, 0.1) is 5.75 Å². The summed E-state index contributed by atoms with van der Waals surface area (Å²) in [6.45, 7) is 8.02. The van der Waals surface area contributed by atoms with Gasteiger partial charge in [0.1, 0.15) is 11.9 Å². The summed E-state index contributed by atoms with van der Waals surface area (Å²) in [7, 11) is 0. The summed E-state index contributed by atoms with van der Waals surface area (Å²) in [5.41, 5.74) is 3.19. The molecule has 0 aliphatic carbocycles. The lowest BCUT2D eigenvalue weighted by atomic mass is 10.1. The first kappa shape index (κ1) is 23.9. The Kier molecular flexibility index (Phi) is 9.37. The first-order chi connectivity index (χ1) is 14.3. The molecule has 0 aromatic heterocycles. The summed E-state index contributed by atoms with van der Waals surface area (Å²) in [4.78, 5) is 27.5. The highest BCUT2D eigenvalue weighted by atomic mass is 32.2. The molecule has 0 fully saturated rings. The third-order valence-corrected chi connectivity index (χ3v) is 5.79. The summed E-state index contributed by atoms with van der Waals surface area (Å²) >= 11 is 1.54. The fraction of sp³-hybridized carbons (Fsp3) is 0.417. The molecule has 4 nitrogen and oxygen atoms in total. The SMILES string of the molecule is CC[C@H](C(=O)NC(C)C)N(Cc1ccc(F)cc1)C(=O)CSCc1ccccc1C. The lowest BCUT2D eigenvalue weighted by Crippen LogP contribution is -2.50. The van der Waals surface area contributed by atoms with Crippen molar-refractivity contribution < 1.29 is 14.0 Å². The monoisotopic (exact) mass is 430 g/mol. The van der Waals surface area contributed by atoms with Gasteiger partial charge in [-0.3, -0.25) is 9.59 Å². The Morgan fingerprint density at radius 2 is 1.77 bits per heavy atom. The van der Waals surface area contributed by atoms with Gasteiger partial charge in [0.2, 0.25) is 11.8 Å². The third-order valence-electron chi connectivity index (χ3n) is 4.83. The Morgan fingerprint density at radius 1 is 1.10 bits per heavy atom. The lowest BCUT2D eigenvalue weighted by Gasteiger charge is -2.31. The van der Waals surface area contributed by atoms with Gasteiger partial charge in [0.25, 0.3) is 0 Å². The fourth-order valence-corrected chi connectivity index (χ4v) is 4.18. The van der Waals surface area contributed by atoms with E-state index in [1.54, 1.807) is 28.8 Å². The summed E-state index contributed by atoms with van der Waals surface area (Å²) in [5.74, 6) is 0.434. The molecule has 0 saturated heterocycles. The molecular weight excluding hydrogens is 399 g/mol. The van der Waals surface area contributed by atoms with E-state index in [9.17, 15) is 14.0 Å². The number of hydrogen-bond donors (Lipinski definition) is 1. The van der Waals surface area contributed by atoms with E-state index in [1.165, 1.54) is 23.3 Å². The maximum atomic E-state index is 13.3. The topological polar surface area (TPSA) is 49.4 Å². The second kappa shape index (κ2) is 11.7. The van der Waals surface area contributed by atoms with E-state index >= 15 is 0 Å². The van der Waals surface area contributed by atoms with E-state index in [-0.39, 0.29) is 36.0 Å². The van der Waals surface area contributed by atoms with Crippen molar-refractivity contribution in [1.29, 1.82) is 0 Å². The second-order valence-corrected chi connectivity index (χ2v) is 8.64. The predicted octanol–water partition coefficient (Wildman–Crippen LogP) is 4.70. The van der Waals surface area contributed by atoms with Crippen LogP contribution in [0.5, 0.6) is 0 Å². The zero-order valence-electron chi connectivity index (χ0n) is 18.2. The minimum atomic E-state index is -0.566. The van der Waals surface area contributed by atoms with Crippen molar-refractivity contribution in [2.75, 3.05) is 5.75 Å². The normalized spacial score (nSPS) is 11.9. The van der Waals surface area contributed by atoms with Crippen molar-refractivity contribution in [1.82, 2.24) is 10.2 Å². The van der Waals surface area contributed by atoms with Gasteiger partial charge in [-0.2, -0.15) is 0 Å². The number of hydrogen-bond acceptors (Lipinski definition) is 3. The van der Waals surface area contributed by atoms with Gasteiger partial charge in [0.15, 0.2) is 0 Å². The number of amides is 2. The Labute approximate surface area is 183 Å². The Morgan fingerprint density at radius 3 is 2.37 bits per heavy atom. The van der Waals surface area contributed by atoms with Crippen molar-refractivity contribution in [3.8, 4) is 0 Å². The highest BCUT2D eigenvalue weighted by molar-refractivity contribution is 7.99. The van der Waals surface area contributed by atoms with Crippen LogP contribution in [0.2, 0.25) is 0 Å². The molecule has 2 amide bonds. The van der Waals surface area contributed by atoms with E-state index < -0.39 is 6.04 Å². The van der Waals surface area contributed by atoms with Crippen LogP contribution in [0.25, 0.3) is 0 Å². The van der Waals surface area contributed by atoms with Gasteiger partial charge in [-0.05, 0) is 56.0 Å². The molecule has 162 valence electrons. The molecule has 6 heteroatoms. The van der Waals surface area contributed by atoms with E-state index in [4.69, 9.17) is 0 Å². The van der Waals surface area contributed by atoms with Crippen molar-refractivity contribution in [2.45, 2.75) is 58.5 Å². The number of thioether (sulfide) groups is 1. The second-order valence-electron chi connectivity index (χ2n) is 7.65. The molecule has 1 atom stereocenters. The Hall–Kier alpha value is -2.34. The van der Waals surface area contributed by atoms with Crippen LogP contribution in [0.15, 0.2) is 48.5 Å². The highest BCUT2D eigenvalue weighted by Gasteiger charge is 2.28. The summed E-state index contributed by atoms with van der Waals surface area (Å²) < 4.78 is 13.3. The van der Waals surface area contributed by atoms with Crippen LogP contribution in [-0.4, -0.2) is 34.6 Å². The Balaban J connectivity index is 2.13. The predicted molar refractivity (Wildman–Crippen MR) is 122 cm³/mol. The number of rotatable bonds is 10. The molecule has 0 heterocycles. The van der Waals surface area contributed by atoms with Crippen molar-refractivity contribution in [2.24, 2.45) is 0 Å². The number of nitrogens with one attached hydrogen (secondary N) is 1. The molecule has 0 unspecified atom stereocenters. The first-order valence-corrected chi connectivity index (χ1v) is 11.4. The van der Waals surface area contributed by atoms with Gasteiger partial charge in [0, 0.05) is 18.3 Å². The minimum Gasteiger partial charge on any atom is -0.352 e. The molecule has 1 N–H and O–H groups in total. The first-order valence-electron chi connectivity index (χ1n) is 10.3. The third kappa shape index (κ3) is 7.17. The molecule has 0 aliphatic rings. The number of nitrogens with zero attached hydrogens (tertiary/aromatic N) is 1. The summed E-state index contributed by atoms with van der Waals surface area (Å²) in [6.07, 6.45) is 0.508. The summed E-state index contributed by atoms with van der Waals surface area (Å²) in [5, 5.41) is 2.91. The molecular formula is C24H31FN2O2S. The van der Waals surface area contributed by atoms with Crippen LogP contribution in [-0.2, 0) is 21.9 Å². The summed E-state index contributed by atoms with van der Waals surface area (Å²) in [6, 6.07) is 13.6. The number of carbonyl (C=O) groups excluding carboxylic acids is 2. The lowest BCUT2D eigenvalue weighted by molar-refractivity contribution is -0.139. The van der Waals surface area contributed by atoms with Crippen molar-refractivity contribution in [3.63, 3.8) is 0 Å². The van der Waals surface area contributed by atoms with Crippen LogP contribution in [0.1, 0.15) is 43.9 Å². The van der Waals surface area contributed by atoms with Gasteiger partial charge in [-0.15, -0.1) is 11.8 Å². The standard InChI is InChI=1S/C24H31FN2O2S/c1-5-22(24(29)26-17(2)3)27(14-19-10-12-21(25)13-11-19)23(28)16-30-15-20-9-7-6-8-18(20)4/h6-13,17,22H,5,14-16H2,1-4H3,(H,26,29)/t22-/m1/s1. The molecule has 0 aliphatic heterocycles. The van der Waals surface area contributed by atoms with E-state index in [0.717, 1.165) is 11.3 Å². The highest BCUT2D eigenvalue weighted by Crippen LogP contribution is 2.19. The quantitative estimate of drug-likeness (QED) is 0.594. The smallest absolute Gasteiger partial charge is 0.243 e. The van der Waals surface area contributed by atoms with Crippen LogP contribution < -0.4 is 5.32 Å². The molecule has 0 radical (unpaired) electrons. The zero-order valence-corrected chi connectivity index (χ0v) is 19.0. The van der Waals surface area contributed by atoms with Crippen LogP contribution >= 0.6 is 11.8 Å². The van der Waals surface area contributed by atoms with E-state index in [2.05, 4.69) is 24.4 Å². The Bertz CT molecular complexity index is 839. The van der Waals surface area contributed by atoms with E-state index in [0.29, 0.717) is 6.42 Å². The van der Waals surface area contributed by atoms with Crippen molar-refractivity contribution >= 4 is 23.6 Å². The minimum absolute atomic E-state index is 0.00949. The van der Waals surface area contributed by atoms with Gasteiger partial charge in [-0.25, -0.2) is 4.39 Å². The molecule has 2 aromatic rings. The molecule has 0 spiro atoms. The number of carbonyl (C=O) groups is 2. The average molecular weight is 431 g/mol.